The molecule has 7 nitrogen and oxygen atoms in total. The molecule has 0 bridgehead atoms. The number of nitrogens with zero attached hydrogens (tertiary/aromatic N) is 3. The number of hydrogen-bond acceptors (Lipinski definition) is 5. The summed E-state index contributed by atoms with van der Waals surface area (Å²) in [6.45, 7) is 0.237. The fourth-order valence-electron chi connectivity index (χ4n) is 3.47. The van der Waals surface area contributed by atoms with Crippen LogP contribution in [0.3, 0.4) is 0 Å². The summed E-state index contributed by atoms with van der Waals surface area (Å²) < 4.78 is 19.0. The van der Waals surface area contributed by atoms with Gasteiger partial charge in [0.05, 0.1) is 18.3 Å². The van der Waals surface area contributed by atoms with E-state index in [1.807, 2.05) is 24.3 Å². The van der Waals surface area contributed by atoms with E-state index in [4.69, 9.17) is 11.2 Å². The number of methoxy groups -OCH3 is 1. The Hall–Kier alpha value is -4.64. The van der Waals surface area contributed by atoms with Crippen LogP contribution in [-0.2, 0) is 6.54 Å². The third kappa shape index (κ3) is 5.05. The van der Waals surface area contributed by atoms with Crippen molar-refractivity contribution in [1.29, 1.82) is 0 Å². The molecule has 8 heteroatoms. The maximum absolute atomic E-state index is 13.5. The SMILES string of the molecule is C#Cc1cccc(Nc2ncnc3cc(OC)c(NC(=O)N(C)Cc4cccc(F)c4)cc23)c1. The highest BCUT2D eigenvalue weighted by atomic mass is 19.1. The van der Waals surface area contributed by atoms with Gasteiger partial charge >= 0.3 is 6.03 Å². The van der Waals surface area contributed by atoms with E-state index in [2.05, 4.69) is 26.5 Å². The van der Waals surface area contributed by atoms with E-state index in [0.29, 0.717) is 33.7 Å². The Labute approximate surface area is 196 Å². The number of benzene rings is 3. The standard InChI is InChI=1S/C26H22FN5O2/c1-4-17-7-6-10-20(12-17)30-25-21-13-23(24(34-3)14-22(21)28-16-29-25)31-26(33)32(2)15-18-8-5-9-19(27)11-18/h1,5-14,16H,15H2,2-3H3,(H,31,33)(H,28,29,30). The van der Waals surface area contributed by atoms with E-state index in [9.17, 15) is 9.18 Å². The van der Waals surface area contributed by atoms with Crippen LogP contribution in [0.15, 0.2) is 67.0 Å². The van der Waals surface area contributed by atoms with Crippen molar-refractivity contribution in [3.8, 4) is 18.1 Å². The Balaban J connectivity index is 1.62. The lowest BCUT2D eigenvalue weighted by atomic mass is 10.1. The van der Waals surface area contributed by atoms with Gasteiger partial charge in [-0.15, -0.1) is 6.42 Å². The van der Waals surface area contributed by atoms with Crippen LogP contribution in [0.5, 0.6) is 5.75 Å². The van der Waals surface area contributed by atoms with Gasteiger partial charge in [0.1, 0.15) is 23.7 Å². The van der Waals surface area contributed by atoms with Gasteiger partial charge in [0, 0.05) is 36.3 Å². The molecule has 1 aromatic heterocycles. The number of urea groups is 1. The van der Waals surface area contributed by atoms with Gasteiger partial charge in [0.25, 0.3) is 0 Å². The summed E-state index contributed by atoms with van der Waals surface area (Å²) in [4.78, 5) is 23.0. The number of fused-ring (bicyclic) bond motifs is 1. The molecule has 0 fully saturated rings. The van der Waals surface area contributed by atoms with Crippen LogP contribution in [0.2, 0.25) is 0 Å². The number of terminal acetylenes is 1. The van der Waals surface area contributed by atoms with Gasteiger partial charge in [-0.05, 0) is 42.0 Å². The molecule has 4 aromatic rings. The maximum Gasteiger partial charge on any atom is 0.321 e. The summed E-state index contributed by atoms with van der Waals surface area (Å²) in [7, 11) is 3.14. The molecular weight excluding hydrogens is 433 g/mol. The lowest BCUT2D eigenvalue weighted by Crippen LogP contribution is -2.31. The third-order valence-corrected chi connectivity index (χ3v) is 5.15. The minimum atomic E-state index is -0.380. The number of carbonyl (C=O) groups is 1. The molecule has 0 aliphatic carbocycles. The van der Waals surface area contributed by atoms with Crippen LogP contribution in [0, 0.1) is 18.2 Å². The first-order valence-electron chi connectivity index (χ1n) is 10.4. The molecule has 2 amide bonds. The molecule has 34 heavy (non-hydrogen) atoms. The number of amides is 2. The minimum Gasteiger partial charge on any atom is -0.494 e. The van der Waals surface area contributed by atoms with Gasteiger partial charge < -0.3 is 20.3 Å². The van der Waals surface area contributed by atoms with Crippen molar-refractivity contribution in [3.05, 3.63) is 83.9 Å². The van der Waals surface area contributed by atoms with Gasteiger partial charge in [0.2, 0.25) is 0 Å². The maximum atomic E-state index is 13.5. The van der Waals surface area contributed by atoms with Crippen LogP contribution in [0.4, 0.5) is 26.4 Å². The quantitative estimate of drug-likeness (QED) is 0.392. The molecule has 2 N–H and O–H groups in total. The van der Waals surface area contributed by atoms with E-state index in [1.165, 1.54) is 30.5 Å². The second kappa shape index (κ2) is 9.88. The number of anilines is 3. The molecular formula is C26H22FN5O2. The Bertz CT molecular complexity index is 1400. The van der Waals surface area contributed by atoms with Crippen molar-refractivity contribution in [1.82, 2.24) is 14.9 Å². The number of halogens is 1. The zero-order chi connectivity index (χ0) is 24.1. The third-order valence-electron chi connectivity index (χ3n) is 5.15. The predicted molar refractivity (Wildman–Crippen MR) is 131 cm³/mol. The zero-order valence-corrected chi connectivity index (χ0v) is 18.7. The number of hydrogen-bond donors (Lipinski definition) is 2. The van der Waals surface area contributed by atoms with Crippen molar-refractivity contribution < 1.29 is 13.9 Å². The van der Waals surface area contributed by atoms with Gasteiger partial charge in [-0.25, -0.2) is 19.2 Å². The second-order valence-corrected chi connectivity index (χ2v) is 7.56. The summed E-state index contributed by atoms with van der Waals surface area (Å²) in [5.74, 6) is 3.24. The fourth-order valence-corrected chi connectivity index (χ4v) is 3.47. The number of aromatic nitrogens is 2. The number of carbonyl (C=O) groups excluding carboxylic acids is 1. The molecule has 0 aliphatic rings. The van der Waals surface area contributed by atoms with Crippen molar-refractivity contribution in [3.63, 3.8) is 0 Å². The highest BCUT2D eigenvalue weighted by Gasteiger charge is 2.16. The highest BCUT2D eigenvalue weighted by molar-refractivity contribution is 5.99. The first-order valence-corrected chi connectivity index (χ1v) is 10.4. The summed E-state index contributed by atoms with van der Waals surface area (Å²) >= 11 is 0. The van der Waals surface area contributed by atoms with Crippen LogP contribution >= 0.6 is 0 Å². The molecule has 3 aromatic carbocycles. The molecule has 0 radical (unpaired) electrons. The predicted octanol–water partition coefficient (Wildman–Crippen LogP) is 5.17. The minimum absolute atomic E-state index is 0.237. The molecule has 170 valence electrons. The molecule has 1 heterocycles. The Morgan fingerprint density at radius 1 is 1.15 bits per heavy atom. The van der Waals surface area contributed by atoms with Crippen molar-refractivity contribution in [2.45, 2.75) is 6.54 Å². The average Bonchev–Trinajstić information content (AvgIpc) is 2.84. The van der Waals surface area contributed by atoms with Crippen molar-refractivity contribution >= 4 is 34.1 Å². The van der Waals surface area contributed by atoms with Crippen LogP contribution in [0.1, 0.15) is 11.1 Å². The van der Waals surface area contributed by atoms with E-state index in [1.54, 1.807) is 31.3 Å². The number of nitrogens with one attached hydrogen (secondary N) is 2. The van der Waals surface area contributed by atoms with Gasteiger partial charge in [-0.1, -0.05) is 24.1 Å². The Morgan fingerprint density at radius 2 is 1.97 bits per heavy atom. The first kappa shape index (κ1) is 22.6. The molecule has 0 aliphatic heterocycles. The Kier molecular flexibility index (Phi) is 6.55. The second-order valence-electron chi connectivity index (χ2n) is 7.56. The zero-order valence-electron chi connectivity index (χ0n) is 18.7. The molecule has 4 rings (SSSR count). The Morgan fingerprint density at radius 3 is 2.74 bits per heavy atom. The topological polar surface area (TPSA) is 79.4 Å². The summed E-state index contributed by atoms with van der Waals surface area (Å²) in [6, 6.07) is 16.6. The first-order chi connectivity index (χ1) is 16.5. The van der Waals surface area contributed by atoms with Crippen molar-refractivity contribution in [2.75, 3.05) is 24.8 Å². The summed E-state index contributed by atoms with van der Waals surface area (Å²) in [5.41, 5.74) is 3.26. The average molecular weight is 455 g/mol. The van der Waals surface area contributed by atoms with E-state index in [-0.39, 0.29) is 18.4 Å². The van der Waals surface area contributed by atoms with Crippen LogP contribution in [-0.4, -0.2) is 35.1 Å². The molecule has 0 spiro atoms. The van der Waals surface area contributed by atoms with E-state index >= 15 is 0 Å². The molecule has 0 saturated carbocycles. The molecule has 0 atom stereocenters. The summed E-state index contributed by atoms with van der Waals surface area (Å²) in [5, 5.41) is 6.79. The molecule has 0 unspecified atom stereocenters. The van der Waals surface area contributed by atoms with Crippen LogP contribution in [0.25, 0.3) is 10.9 Å². The van der Waals surface area contributed by atoms with Gasteiger partial charge in [-0.2, -0.15) is 0 Å². The number of ether oxygens (including phenoxy) is 1. The number of rotatable bonds is 6. The normalized spacial score (nSPS) is 10.4. The highest BCUT2D eigenvalue weighted by Crippen LogP contribution is 2.33. The lowest BCUT2D eigenvalue weighted by Gasteiger charge is -2.20. The summed E-state index contributed by atoms with van der Waals surface area (Å²) in [6.07, 6.45) is 6.95. The van der Waals surface area contributed by atoms with Gasteiger partial charge in [0.15, 0.2) is 0 Å². The fraction of sp³-hybridized carbons (Fsp3) is 0.115. The largest absolute Gasteiger partial charge is 0.494 e. The van der Waals surface area contributed by atoms with Crippen molar-refractivity contribution in [2.24, 2.45) is 0 Å². The smallest absolute Gasteiger partial charge is 0.321 e. The van der Waals surface area contributed by atoms with Gasteiger partial charge in [-0.3, -0.25) is 0 Å². The van der Waals surface area contributed by atoms with E-state index < -0.39 is 0 Å². The monoisotopic (exact) mass is 455 g/mol. The van der Waals surface area contributed by atoms with Crippen LogP contribution < -0.4 is 15.4 Å². The lowest BCUT2D eigenvalue weighted by molar-refractivity contribution is 0.220. The van der Waals surface area contributed by atoms with E-state index in [0.717, 1.165) is 11.3 Å². The molecule has 0 saturated heterocycles.